The number of hydrogen-bond donors (Lipinski definition) is 2. The number of carboxylic acids is 2. The molecule has 178 valence electrons. The summed E-state index contributed by atoms with van der Waals surface area (Å²) in [5.74, 6) is -1.74. The van der Waals surface area contributed by atoms with Gasteiger partial charge in [-0.3, -0.25) is 9.36 Å². The van der Waals surface area contributed by atoms with Crippen LogP contribution < -0.4 is 0 Å². The first kappa shape index (κ1) is 24.6. The molecule has 0 saturated carbocycles. The Kier molecular flexibility index (Phi) is 7.44. The third-order valence-corrected chi connectivity index (χ3v) is 4.88. The van der Waals surface area contributed by atoms with Crippen LogP contribution in [-0.2, 0) is 22.7 Å². The van der Waals surface area contributed by atoms with E-state index in [0.717, 1.165) is 5.69 Å². The van der Waals surface area contributed by atoms with E-state index in [9.17, 15) is 14.4 Å². The highest BCUT2D eigenvalue weighted by Gasteiger charge is 2.29. The van der Waals surface area contributed by atoms with Gasteiger partial charge in [-0.1, -0.05) is 22.8 Å². The fraction of sp³-hybridized carbons (Fsp3) is 0.238. The highest BCUT2D eigenvalue weighted by Crippen LogP contribution is 2.32. The van der Waals surface area contributed by atoms with Gasteiger partial charge in [0.2, 0.25) is 11.7 Å². The van der Waals surface area contributed by atoms with Crippen molar-refractivity contribution in [1.29, 1.82) is 0 Å². The van der Waals surface area contributed by atoms with Gasteiger partial charge in [-0.15, -0.1) is 0 Å². The minimum Gasteiger partial charge on any atom is -0.478 e. The number of nitrogens with zero attached hydrogens (tertiary/aromatic N) is 6. The van der Waals surface area contributed by atoms with Crippen molar-refractivity contribution < 1.29 is 29.1 Å². The average molecular weight is 489 g/mol. The van der Waals surface area contributed by atoms with Gasteiger partial charge in [-0.25, -0.2) is 14.6 Å². The minimum absolute atomic E-state index is 0.137. The summed E-state index contributed by atoms with van der Waals surface area (Å²) < 4.78 is 7.17. The van der Waals surface area contributed by atoms with Crippen molar-refractivity contribution >= 4 is 29.4 Å². The number of benzene rings is 1. The van der Waals surface area contributed by atoms with Crippen LogP contribution >= 0.6 is 11.6 Å². The second-order valence-electron chi connectivity index (χ2n) is 7.46. The summed E-state index contributed by atoms with van der Waals surface area (Å²) in [4.78, 5) is 44.3. The van der Waals surface area contributed by atoms with Crippen molar-refractivity contribution in [2.45, 2.75) is 13.1 Å². The third-order valence-electron chi connectivity index (χ3n) is 4.56. The molecule has 1 aliphatic rings. The Labute approximate surface area is 198 Å². The Morgan fingerprint density at radius 1 is 1.24 bits per heavy atom. The van der Waals surface area contributed by atoms with Gasteiger partial charge < -0.3 is 24.5 Å². The van der Waals surface area contributed by atoms with E-state index < -0.39 is 11.9 Å². The lowest BCUT2D eigenvalue weighted by molar-refractivity contribution is -0.134. The molecule has 3 aromatic rings. The van der Waals surface area contributed by atoms with Crippen molar-refractivity contribution in [3.05, 3.63) is 58.8 Å². The van der Waals surface area contributed by atoms with Gasteiger partial charge in [0.25, 0.3) is 5.91 Å². The molecule has 0 unspecified atom stereocenters. The number of aliphatic carboxylic acids is 2. The molecule has 13 heteroatoms. The number of carbonyl (C=O) groups excluding carboxylic acids is 1. The maximum Gasteiger partial charge on any atom is 0.328 e. The van der Waals surface area contributed by atoms with Crippen LogP contribution in [0.15, 0.2) is 41.2 Å². The summed E-state index contributed by atoms with van der Waals surface area (Å²) in [6.07, 6.45) is 2.78. The molecular formula is C21H21ClN6O6. The molecule has 0 spiro atoms. The zero-order valence-corrected chi connectivity index (χ0v) is 19.2. The Bertz CT molecular complexity index is 1250. The van der Waals surface area contributed by atoms with Crippen LogP contribution in [0.3, 0.4) is 0 Å². The normalized spacial score (nSPS) is 12.7. The van der Waals surface area contributed by atoms with Crippen LogP contribution in [0, 0.1) is 0 Å². The van der Waals surface area contributed by atoms with Gasteiger partial charge in [-0.2, -0.15) is 4.98 Å². The predicted octanol–water partition coefficient (Wildman–Crippen LogP) is 1.93. The molecule has 3 heterocycles. The molecule has 2 N–H and O–H groups in total. The number of amides is 1. The number of carboxylic acid groups (broad SMARTS) is 2. The molecule has 1 aromatic carbocycles. The summed E-state index contributed by atoms with van der Waals surface area (Å²) >= 11 is 6.29. The number of fused-ring (bicyclic) bond motifs is 3. The van der Waals surface area contributed by atoms with E-state index in [1.807, 2.05) is 35.7 Å². The summed E-state index contributed by atoms with van der Waals surface area (Å²) in [5, 5.41) is 20.1. The molecule has 12 nitrogen and oxygen atoms in total. The number of imidazole rings is 1. The first-order chi connectivity index (χ1) is 16.1. The minimum atomic E-state index is -1.26. The topological polar surface area (TPSA) is 155 Å². The van der Waals surface area contributed by atoms with Gasteiger partial charge in [0.15, 0.2) is 0 Å². The molecular weight excluding hydrogens is 468 g/mol. The van der Waals surface area contributed by atoms with Crippen molar-refractivity contribution in [2.24, 2.45) is 0 Å². The fourth-order valence-electron chi connectivity index (χ4n) is 3.16. The number of aromatic nitrogens is 4. The molecule has 2 aromatic heterocycles. The third kappa shape index (κ3) is 5.47. The first-order valence-corrected chi connectivity index (χ1v) is 10.2. The van der Waals surface area contributed by atoms with E-state index in [2.05, 4.69) is 15.1 Å². The Morgan fingerprint density at radius 3 is 2.53 bits per heavy atom. The van der Waals surface area contributed by atoms with Crippen molar-refractivity contribution in [1.82, 2.24) is 29.5 Å². The maximum absolute atomic E-state index is 12.7. The highest BCUT2D eigenvalue weighted by molar-refractivity contribution is 6.34. The van der Waals surface area contributed by atoms with Crippen LogP contribution in [0.4, 0.5) is 0 Å². The lowest BCUT2D eigenvalue weighted by atomic mass is 10.1. The number of halogens is 1. The highest BCUT2D eigenvalue weighted by atomic mass is 35.5. The SMILES string of the molecule is CN(C)Cc1nc(-c2ncn3c2CN(C)C(=O)c2c(Cl)cccc2-3)no1.O=C(O)/C=C\C(=O)O. The maximum atomic E-state index is 12.7. The van der Waals surface area contributed by atoms with Crippen LogP contribution in [0.25, 0.3) is 17.2 Å². The lowest BCUT2D eigenvalue weighted by Crippen LogP contribution is -2.25. The molecule has 0 fully saturated rings. The van der Waals surface area contributed by atoms with Crippen LogP contribution in [0.1, 0.15) is 21.9 Å². The summed E-state index contributed by atoms with van der Waals surface area (Å²) in [6, 6.07) is 5.37. The second kappa shape index (κ2) is 10.3. The summed E-state index contributed by atoms with van der Waals surface area (Å²) in [7, 11) is 5.58. The number of carbonyl (C=O) groups is 3. The number of hydrogen-bond acceptors (Lipinski definition) is 8. The zero-order valence-electron chi connectivity index (χ0n) is 18.5. The van der Waals surface area contributed by atoms with E-state index in [1.54, 1.807) is 24.3 Å². The van der Waals surface area contributed by atoms with E-state index >= 15 is 0 Å². The number of rotatable bonds is 5. The Morgan fingerprint density at radius 2 is 1.91 bits per heavy atom. The zero-order chi connectivity index (χ0) is 25.0. The average Bonchev–Trinajstić information content (AvgIpc) is 3.36. The van der Waals surface area contributed by atoms with Crippen molar-refractivity contribution in [2.75, 3.05) is 21.1 Å². The van der Waals surface area contributed by atoms with Gasteiger partial charge >= 0.3 is 11.9 Å². The second-order valence-corrected chi connectivity index (χ2v) is 7.87. The van der Waals surface area contributed by atoms with E-state index in [4.69, 9.17) is 26.3 Å². The standard InChI is InChI=1S/C17H17ClN6O2.C4H4O4/c1-22(2)8-13-20-16(21-26-13)15-12-7-23(3)17(25)14-10(18)5-4-6-11(14)24(12)9-19-15;5-3(6)1-2-4(7)8/h4-6,9H,7-8H2,1-3H3;1-2H,(H,5,6)(H,7,8)/b;2-1-. The fourth-order valence-corrected chi connectivity index (χ4v) is 3.41. The Hall–Kier alpha value is -4.03. The van der Waals surface area contributed by atoms with Crippen LogP contribution in [-0.4, -0.2) is 78.7 Å². The molecule has 1 amide bonds. The molecule has 0 bridgehead atoms. The summed E-state index contributed by atoms with van der Waals surface area (Å²) in [6.45, 7) is 0.899. The lowest BCUT2D eigenvalue weighted by Gasteiger charge is -2.14. The predicted molar refractivity (Wildman–Crippen MR) is 119 cm³/mol. The van der Waals surface area contributed by atoms with Crippen LogP contribution in [0.2, 0.25) is 5.02 Å². The van der Waals surface area contributed by atoms with Gasteiger partial charge in [0, 0.05) is 19.2 Å². The van der Waals surface area contributed by atoms with Crippen LogP contribution in [0.5, 0.6) is 0 Å². The Balaban J connectivity index is 0.000000350. The quantitative estimate of drug-likeness (QED) is 0.509. The van der Waals surface area contributed by atoms with Gasteiger partial charge in [-0.05, 0) is 26.2 Å². The summed E-state index contributed by atoms with van der Waals surface area (Å²) in [5.41, 5.74) is 2.55. The van der Waals surface area contributed by atoms with Gasteiger partial charge in [0.05, 0.1) is 35.1 Å². The van der Waals surface area contributed by atoms with E-state index in [1.165, 1.54) is 0 Å². The monoisotopic (exact) mass is 488 g/mol. The molecule has 1 aliphatic heterocycles. The molecule has 34 heavy (non-hydrogen) atoms. The van der Waals surface area contributed by atoms with Gasteiger partial charge in [0.1, 0.15) is 12.0 Å². The molecule has 0 radical (unpaired) electrons. The van der Waals surface area contributed by atoms with E-state index in [0.29, 0.717) is 58.9 Å². The van der Waals surface area contributed by atoms with Crippen molar-refractivity contribution in [3.63, 3.8) is 0 Å². The first-order valence-electron chi connectivity index (χ1n) is 9.80. The van der Waals surface area contributed by atoms with E-state index in [-0.39, 0.29) is 5.91 Å². The molecule has 4 rings (SSSR count). The molecule has 0 aliphatic carbocycles. The molecule has 0 atom stereocenters. The largest absolute Gasteiger partial charge is 0.478 e. The smallest absolute Gasteiger partial charge is 0.328 e. The van der Waals surface area contributed by atoms with Crippen molar-refractivity contribution in [3.8, 4) is 17.2 Å². The molecule has 0 saturated heterocycles.